The number of piperazine rings is 1. The van der Waals surface area contributed by atoms with E-state index in [1.165, 1.54) is 52.0 Å². The molecule has 1 heterocycles. The van der Waals surface area contributed by atoms with Crippen molar-refractivity contribution in [2.45, 2.75) is 19.3 Å². The van der Waals surface area contributed by atoms with Crippen LogP contribution in [0, 0.1) is 11.8 Å². The standard InChI is InChI=1S/C12H25N3/c1-14-5-7-15(8-6-14)10-12-4-2-3-11(12)9-13/h11-12H,2-10,13H2,1H3. The Morgan fingerprint density at radius 2 is 1.73 bits per heavy atom. The molecule has 3 heteroatoms. The maximum absolute atomic E-state index is 5.82. The highest BCUT2D eigenvalue weighted by molar-refractivity contribution is 4.82. The van der Waals surface area contributed by atoms with Gasteiger partial charge in [0.25, 0.3) is 0 Å². The lowest BCUT2D eigenvalue weighted by Crippen LogP contribution is -2.46. The minimum Gasteiger partial charge on any atom is -0.330 e. The predicted octanol–water partition coefficient (Wildman–Crippen LogP) is 0.609. The van der Waals surface area contributed by atoms with Gasteiger partial charge >= 0.3 is 0 Å². The van der Waals surface area contributed by atoms with Crippen molar-refractivity contribution >= 4 is 0 Å². The van der Waals surface area contributed by atoms with Crippen molar-refractivity contribution in [3.05, 3.63) is 0 Å². The van der Waals surface area contributed by atoms with E-state index in [0.29, 0.717) is 0 Å². The maximum Gasteiger partial charge on any atom is 0.0110 e. The molecule has 1 aliphatic carbocycles. The molecule has 2 unspecified atom stereocenters. The number of likely N-dealkylation sites (N-methyl/N-ethyl adjacent to an activating group) is 1. The Hall–Kier alpha value is -0.120. The second-order valence-corrected chi connectivity index (χ2v) is 5.29. The first-order chi connectivity index (χ1) is 7.29. The zero-order valence-corrected chi connectivity index (χ0v) is 9.99. The van der Waals surface area contributed by atoms with E-state index in [4.69, 9.17) is 5.73 Å². The smallest absolute Gasteiger partial charge is 0.0110 e. The van der Waals surface area contributed by atoms with Crippen LogP contribution in [-0.2, 0) is 0 Å². The molecule has 15 heavy (non-hydrogen) atoms. The molecule has 3 nitrogen and oxygen atoms in total. The average molecular weight is 211 g/mol. The van der Waals surface area contributed by atoms with Gasteiger partial charge in [0.1, 0.15) is 0 Å². The average Bonchev–Trinajstić information content (AvgIpc) is 2.69. The summed E-state index contributed by atoms with van der Waals surface area (Å²) in [5, 5.41) is 0. The molecule has 0 aromatic carbocycles. The highest BCUT2D eigenvalue weighted by Crippen LogP contribution is 2.31. The number of hydrogen-bond donors (Lipinski definition) is 1. The van der Waals surface area contributed by atoms with E-state index in [0.717, 1.165) is 18.4 Å². The van der Waals surface area contributed by atoms with Gasteiger partial charge in [0.05, 0.1) is 0 Å². The lowest BCUT2D eigenvalue weighted by Gasteiger charge is -2.35. The van der Waals surface area contributed by atoms with Gasteiger partial charge < -0.3 is 15.5 Å². The van der Waals surface area contributed by atoms with Gasteiger partial charge in [-0.3, -0.25) is 0 Å². The Morgan fingerprint density at radius 3 is 2.40 bits per heavy atom. The Morgan fingerprint density at radius 1 is 1.07 bits per heavy atom. The fourth-order valence-corrected chi connectivity index (χ4v) is 3.03. The summed E-state index contributed by atoms with van der Waals surface area (Å²) in [6.07, 6.45) is 4.18. The zero-order chi connectivity index (χ0) is 10.7. The van der Waals surface area contributed by atoms with E-state index >= 15 is 0 Å². The van der Waals surface area contributed by atoms with Gasteiger partial charge in [-0.15, -0.1) is 0 Å². The predicted molar refractivity (Wildman–Crippen MR) is 63.8 cm³/mol. The molecule has 0 bridgehead atoms. The maximum atomic E-state index is 5.82. The van der Waals surface area contributed by atoms with Gasteiger partial charge in [0.2, 0.25) is 0 Å². The van der Waals surface area contributed by atoms with Crippen LogP contribution >= 0.6 is 0 Å². The second kappa shape index (κ2) is 5.28. The first-order valence-corrected chi connectivity index (χ1v) is 6.40. The monoisotopic (exact) mass is 211 g/mol. The van der Waals surface area contributed by atoms with E-state index < -0.39 is 0 Å². The molecule has 2 aliphatic rings. The van der Waals surface area contributed by atoms with E-state index in [1.807, 2.05) is 0 Å². The first kappa shape index (κ1) is 11.4. The SMILES string of the molecule is CN1CCN(CC2CCCC2CN)CC1. The minimum atomic E-state index is 0.810. The highest BCUT2D eigenvalue weighted by atomic mass is 15.2. The molecule has 2 fully saturated rings. The fraction of sp³-hybridized carbons (Fsp3) is 1.00. The Balaban J connectivity index is 1.76. The summed E-state index contributed by atoms with van der Waals surface area (Å²) in [5.41, 5.74) is 5.82. The molecule has 2 N–H and O–H groups in total. The summed E-state index contributed by atoms with van der Waals surface area (Å²) in [4.78, 5) is 5.06. The van der Waals surface area contributed by atoms with Crippen molar-refractivity contribution in [2.24, 2.45) is 17.6 Å². The number of nitrogens with zero attached hydrogens (tertiary/aromatic N) is 2. The number of hydrogen-bond acceptors (Lipinski definition) is 3. The molecule has 0 aromatic heterocycles. The molecule has 0 spiro atoms. The van der Waals surface area contributed by atoms with Crippen LogP contribution in [0.4, 0.5) is 0 Å². The van der Waals surface area contributed by atoms with Gasteiger partial charge in [-0.2, -0.15) is 0 Å². The Labute approximate surface area is 93.6 Å². The Kier molecular flexibility index (Phi) is 4.00. The lowest BCUT2D eigenvalue weighted by atomic mass is 9.95. The van der Waals surface area contributed by atoms with Gasteiger partial charge in [-0.05, 0) is 38.3 Å². The summed E-state index contributed by atoms with van der Waals surface area (Å²) >= 11 is 0. The van der Waals surface area contributed by atoms with E-state index in [-0.39, 0.29) is 0 Å². The summed E-state index contributed by atoms with van der Waals surface area (Å²) in [6.45, 7) is 7.18. The number of rotatable bonds is 3. The molecule has 1 saturated heterocycles. The molecule has 0 aromatic rings. The lowest BCUT2D eigenvalue weighted by molar-refractivity contribution is 0.127. The summed E-state index contributed by atoms with van der Waals surface area (Å²) in [7, 11) is 2.22. The van der Waals surface area contributed by atoms with Gasteiger partial charge in [0, 0.05) is 32.7 Å². The largest absolute Gasteiger partial charge is 0.330 e. The molecular formula is C12H25N3. The van der Waals surface area contributed by atoms with E-state index in [2.05, 4.69) is 16.8 Å². The van der Waals surface area contributed by atoms with Crippen LogP contribution in [-0.4, -0.2) is 56.1 Å². The summed E-state index contributed by atoms with van der Waals surface area (Å²) in [5.74, 6) is 1.70. The highest BCUT2D eigenvalue weighted by Gasteiger charge is 2.28. The van der Waals surface area contributed by atoms with Gasteiger partial charge in [-0.25, -0.2) is 0 Å². The molecule has 2 rings (SSSR count). The van der Waals surface area contributed by atoms with Crippen molar-refractivity contribution in [1.29, 1.82) is 0 Å². The summed E-state index contributed by atoms with van der Waals surface area (Å²) < 4.78 is 0. The molecule has 1 aliphatic heterocycles. The van der Waals surface area contributed by atoms with Crippen molar-refractivity contribution in [1.82, 2.24) is 9.80 Å². The molecular weight excluding hydrogens is 186 g/mol. The quantitative estimate of drug-likeness (QED) is 0.742. The van der Waals surface area contributed by atoms with Crippen LogP contribution < -0.4 is 5.73 Å². The van der Waals surface area contributed by atoms with Crippen molar-refractivity contribution in [2.75, 3.05) is 46.3 Å². The summed E-state index contributed by atoms with van der Waals surface area (Å²) in [6, 6.07) is 0. The third kappa shape index (κ3) is 2.92. The zero-order valence-electron chi connectivity index (χ0n) is 9.99. The minimum absolute atomic E-state index is 0.810. The molecule has 0 radical (unpaired) electrons. The number of nitrogens with two attached hydrogens (primary N) is 1. The Bertz CT molecular complexity index is 187. The molecule has 88 valence electrons. The van der Waals surface area contributed by atoms with Gasteiger partial charge in [0.15, 0.2) is 0 Å². The fourth-order valence-electron chi connectivity index (χ4n) is 3.03. The first-order valence-electron chi connectivity index (χ1n) is 6.40. The second-order valence-electron chi connectivity index (χ2n) is 5.29. The van der Waals surface area contributed by atoms with Gasteiger partial charge in [-0.1, -0.05) is 6.42 Å². The normalized spacial score (nSPS) is 34.8. The van der Waals surface area contributed by atoms with E-state index in [9.17, 15) is 0 Å². The van der Waals surface area contributed by atoms with Crippen LogP contribution in [0.15, 0.2) is 0 Å². The van der Waals surface area contributed by atoms with Crippen LogP contribution in [0.5, 0.6) is 0 Å². The van der Waals surface area contributed by atoms with Crippen molar-refractivity contribution in [3.63, 3.8) is 0 Å². The third-order valence-electron chi connectivity index (χ3n) is 4.21. The topological polar surface area (TPSA) is 32.5 Å². The van der Waals surface area contributed by atoms with Crippen LogP contribution in [0.2, 0.25) is 0 Å². The van der Waals surface area contributed by atoms with Crippen LogP contribution in [0.25, 0.3) is 0 Å². The van der Waals surface area contributed by atoms with E-state index in [1.54, 1.807) is 0 Å². The van der Waals surface area contributed by atoms with Crippen molar-refractivity contribution in [3.8, 4) is 0 Å². The molecule has 2 atom stereocenters. The van der Waals surface area contributed by atoms with Crippen LogP contribution in [0.1, 0.15) is 19.3 Å². The molecule has 1 saturated carbocycles. The van der Waals surface area contributed by atoms with Crippen LogP contribution in [0.3, 0.4) is 0 Å². The third-order valence-corrected chi connectivity index (χ3v) is 4.21. The molecule has 0 amide bonds. The van der Waals surface area contributed by atoms with Crippen molar-refractivity contribution < 1.29 is 0 Å².